The van der Waals surface area contributed by atoms with Gasteiger partial charge in [0.05, 0.1) is 12.8 Å². The smallest absolute Gasteiger partial charge is 0.407 e. The highest BCUT2D eigenvalue weighted by Crippen LogP contribution is 2.28. The molecule has 0 aliphatic heterocycles. The zero-order valence-electron chi connectivity index (χ0n) is 15.3. The molecule has 5 heteroatoms. The maximum Gasteiger partial charge on any atom is 0.407 e. The van der Waals surface area contributed by atoms with Gasteiger partial charge in [0.1, 0.15) is 11.4 Å². The summed E-state index contributed by atoms with van der Waals surface area (Å²) in [5.74, 6) is 0.782. The average molecular weight is 342 g/mol. The second kappa shape index (κ2) is 8.42. The lowest BCUT2D eigenvalue weighted by molar-refractivity contribution is 0.0528. The molecule has 1 amide bonds. The van der Waals surface area contributed by atoms with E-state index < -0.39 is 11.7 Å². The van der Waals surface area contributed by atoms with E-state index in [0.29, 0.717) is 13.0 Å². The zero-order valence-corrected chi connectivity index (χ0v) is 15.3. The molecule has 5 nitrogen and oxygen atoms in total. The molecule has 0 bridgehead atoms. The van der Waals surface area contributed by atoms with Crippen LogP contribution in [-0.4, -0.2) is 25.3 Å². The number of nitrogens with one attached hydrogen (secondary N) is 2. The Morgan fingerprint density at radius 3 is 2.32 bits per heavy atom. The van der Waals surface area contributed by atoms with Gasteiger partial charge < -0.3 is 20.1 Å². The van der Waals surface area contributed by atoms with Gasteiger partial charge in [-0.15, -0.1) is 0 Å². The van der Waals surface area contributed by atoms with Crippen LogP contribution in [0, 0.1) is 0 Å². The molecule has 2 aromatic rings. The summed E-state index contributed by atoms with van der Waals surface area (Å²) in [7, 11) is 1.65. The number of hydrogen-bond acceptors (Lipinski definition) is 4. The number of benzene rings is 2. The first-order valence-electron chi connectivity index (χ1n) is 8.34. The molecule has 0 aliphatic carbocycles. The van der Waals surface area contributed by atoms with Crippen LogP contribution in [0.2, 0.25) is 0 Å². The van der Waals surface area contributed by atoms with Crippen molar-refractivity contribution >= 4 is 17.5 Å². The number of carbonyl (C=O) groups is 1. The number of methoxy groups -OCH3 is 1. The SMILES string of the molecule is COc1ccccc1Nc1ccccc1CCNC(=O)OC(C)(C)C. The van der Waals surface area contributed by atoms with Gasteiger partial charge in [-0.2, -0.15) is 0 Å². The summed E-state index contributed by atoms with van der Waals surface area (Å²) in [5.41, 5.74) is 2.49. The van der Waals surface area contributed by atoms with E-state index in [9.17, 15) is 4.79 Å². The maximum absolute atomic E-state index is 11.7. The van der Waals surface area contributed by atoms with Crippen molar-refractivity contribution in [3.8, 4) is 5.75 Å². The first-order valence-corrected chi connectivity index (χ1v) is 8.34. The zero-order chi connectivity index (χ0) is 18.3. The highest BCUT2D eigenvalue weighted by Gasteiger charge is 2.15. The fraction of sp³-hybridized carbons (Fsp3) is 0.350. The van der Waals surface area contributed by atoms with E-state index in [-0.39, 0.29) is 0 Å². The molecular formula is C20H26N2O3. The highest BCUT2D eigenvalue weighted by molar-refractivity contribution is 5.69. The van der Waals surface area contributed by atoms with Gasteiger partial charge in [0, 0.05) is 12.2 Å². The van der Waals surface area contributed by atoms with Crippen LogP contribution in [0.3, 0.4) is 0 Å². The quantitative estimate of drug-likeness (QED) is 0.811. The van der Waals surface area contributed by atoms with Crippen LogP contribution in [0.5, 0.6) is 5.75 Å². The number of para-hydroxylation sites is 3. The molecule has 0 radical (unpaired) electrons. The van der Waals surface area contributed by atoms with Crippen molar-refractivity contribution in [2.45, 2.75) is 32.8 Å². The Bertz CT molecular complexity index is 708. The molecule has 0 aromatic heterocycles. The Labute approximate surface area is 149 Å². The molecule has 2 rings (SSSR count). The summed E-state index contributed by atoms with van der Waals surface area (Å²) in [6.45, 7) is 6.04. The Hall–Kier alpha value is -2.69. The fourth-order valence-electron chi connectivity index (χ4n) is 2.37. The molecule has 134 valence electrons. The Balaban J connectivity index is 2.00. The van der Waals surface area contributed by atoms with Crippen LogP contribution in [0.1, 0.15) is 26.3 Å². The van der Waals surface area contributed by atoms with Crippen LogP contribution in [0.4, 0.5) is 16.2 Å². The van der Waals surface area contributed by atoms with E-state index >= 15 is 0 Å². The summed E-state index contributed by atoms with van der Waals surface area (Å²) < 4.78 is 10.6. The van der Waals surface area contributed by atoms with Gasteiger partial charge in [-0.25, -0.2) is 4.79 Å². The lowest BCUT2D eigenvalue weighted by Crippen LogP contribution is -2.33. The van der Waals surface area contributed by atoms with Gasteiger partial charge in [0.25, 0.3) is 0 Å². The predicted molar refractivity (Wildman–Crippen MR) is 101 cm³/mol. The topological polar surface area (TPSA) is 59.6 Å². The first-order chi connectivity index (χ1) is 11.9. The fourth-order valence-corrected chi connectivity index (χ4v) is 2.37. The molecule has 0 saturated heterocycles. The maximum atomic E-state index is 11.7. The van der Waals surface area contributed by atoms with Crippen molar-refractivity contribution in [3.63, 3.8) is 0 Å². The largest absolute Gasteiger partial charge is 0.495 e. The van der Waals surface area contributed by atoms with Crippen LogP contribution in [0.25, 0.3) is 0 Å². The minimum absolute atomic E-state index is 0.400. The summed E-state index contributed by atoms with van der Waals surface area (Å²) >= 11 is 0. The molecule has 0 fully saturated rings. The van der Waals surface area contributed by atoms with Gasteiger partial charge in [-0.3, -0.25) is 0 Å². The molecular weight excluding hydrogens is 316 g/mol. The molecule has 0 aliphatic rings. The van der Waals surface area contributed by atoms with Crippen molar-refractivity contribution in [1.82, 2.24) is 5.32 Å². The Morgan fingerprint density at radius 2 is 1.64 bits per heavy atom. The lowest BCUT2D eigenvalue weighted by atomic mass is 10.1. The Morgan fingerprint density at radius 1 is 1.00 bits per heavy atom. The predicted octanol–water partition coefficient (Wildman–Crippen LogP) is 4.51. The van der Waals surface area contributed by atoms with Crippen molar-refractivity contribution in [1.29, 1.82) is 0 Å². The number of rotatable bonds is 6. The van der Waals surface area contributed by atoms with Crippen LogP contribution < -0.4 is 15.4 Å². The van der Waals surface area contributed by atoms with Crippen molar-refractivity contribution in [2.24, 2.45) is 0 Å². The van der Waals surface area contributed by atoms with E-state index in [1.165, 1.54) is 0 Å². The van der Waals surface area contributed by atoms with Crippen molar-refractivity contribution < 1.29 is 14.3 Å². The molecule has 0 spiro atoms. The van der Waals surface area contributed by atoms with E-state index in [0.717, 1.165) is 22.7 Å². The molecule has 0 heterocycles. The normalized spacial score (nSPS) is 10.9. The summed E-state index contributed by atoms with van der Waals surface area (Å²) in [6.07, 6.45) is 0.292. The minimum Gasteiger partial charge on any atom is -0.495 e. The molecule has 2 N–H and O–H groups in total. The first kappa shape index (κ1) is 18.6. The van der Waals surface area contributed by atoms with Gasteiger partial charge >= 0.3 is 6.09 Å². The van der Waals surface area contributed by atoms with Crippen molar-refractivity contribution in [2.75, 3.05) is 19.0 Å². The standard InChI is InChI=1S/C20H26N2O3/c1-20(2,3)25-19(23)21-14-13-15-9-5-6-10-16(15)22-17-11-7-8-12-18(17)24-4/h5-12,22H,13-14H2,1-4H3,(H,21,23). The third kappa shape index (κ3) is 6.03. The van der Waals surface area contributed by atoms with Crippen LogP contribution >= 0.6 is 0 Å². The third-order valence-corrected chi connectivity index (χ3v) is 3.46. The number of carbonyl (C=O) groups excluding carboxylic acids is 1. The summed E-state index contributed by atoms with van der Waals surface area (Å²) in [4.78, 5) is 11.7. The molecule has 0 atom stereocenters. The van der Waals surface area contributed by atoms with Gasteiger partial charge in [0.15, 0.2) is 0 Å². The number of alkyl carbamates (subject to hydrolysis) is 1. The summed E-state index contributed by atoms with van der Waals surface area (Å²) in [6, 6.07) is 15.8. The number of hydrogen-bond donors (Lipinski definition) is 2. The molecule has 0 unspecified atom stereocenters. The van der Waals surface area contributed by atoms with E-state index in [2.05, 4.69) is 10.6 Å². The number of ether oxygens (including phenoxy) is 2. The van der Waals surface area contributed by atoms with Gasteiger partial charge in [-0.05, 0) is 51.0 Å². The van der Waals surface area contributed by atoms with Crippen LogP contribution in [0.15, 0.2) is 48.5 Å². The second-order valence-electron chi connectivity index (χ2n) is 6.66. The van der Waals surface area contributed by atoms with E-state index in [1.807, 2.05) is 69.3 Å². The minimum atomic E-state index is -0.493. The average Bonchev–Trinajstić information content (AvgIpc) is 2.55. The number of amides is 1. The number of anilines is 2. The third-order valence-electron chi connectivity index (χ3n) is 3.46. The second-order valence-corrected chi connectivity index (χ2v) is 6.66. The van der Waals surface area contributed by atoms with E-state index in [4.69, 9.17) is 9.47 Å². The summed E-state index contributed by atoms with van der Waals surface area (Å²) in [5, 5.41) is 6.19. The van der Waals surface area contributed by atoms with Crippen LogP contribution in [-0.2, 0) is 11.2 Å². The Kier molecular flexibility index (Phi) is 6.28. The highest BCUT2D eigenvalue weighted by atomic mass is 16.6. The van der Waals surface area contributed by atoms with Crippen molar-refractivity contribution in [3.05, 3.63) is 54.1 Å². The molecule has 0 saturated carbocycles. The van der Waals surface area contributed by atoms with E-state index in [1.54, 1.807) is 7.11 Å². The lowest BCUT2D eigenvalue weighted by Gasteiger charge is -2.20. The monoisotopic (exact) mass is 342 g/mol. The van der Waals surface area contributed by atoms with Gasteiger partial charge in [0.2, 0.25) is 0 Å². The molecule has 2 aromatic carbocycles. The molecule has 25 heavy (non-hydrogen) atoms. The van der Waals surface area contributed by atoms with Gasteiger partial charge in [-0.1, -0.05) is 30.3 Å².